The summed E-state index contributed by atoms with van der Waals surface area (Å²) in [5.41, 5.74) is 0. The van der Waals surface area contributed by atoms with Crippen molar-refractivity contribution in [2.75, 3.05) is 93.9 Å². The molecule has 0 bridgehead atoms. The normalized spacial score (nSPS) is 12.0. The highest BCUT2D eigenvalue weighted by Crippen LogP contribution is 1.87. The molecule has 0 saturated heterocycles. The van der Waals surface area contributed by atoms with Gasteiger partial charge in [0.15, 0.2) is 0 Å². The van der Waals surface area contributed by atoms with E-state index in [0.29, 0.717) is 13.2 Å². The van der Waals surface area contributed by atoms with Crippen LogP contribution in [0, 0.1) is 0 Å². The summed E-state index contributed by atoms with van der Waals surface area (Å²) in [6, 6.07) is 0. The Bertz CT molecular complexity index is 206. The topological polar surface area (TPSA) is 48.4 Å². The third kappa shape index (κ3) is 14.2. The van der Waals surface area contributed by atoms with Gasteiger partial charge >= 0.3 is 0 Å². The first-order valence-corrected chi connectivity index (χ1v) is 7.34. The molecule has 0 aliphatic rings. The molecule has 0 fully saturated rings. The van der Waals surface area contributed by atoms with Crippen molar-refractivity contribution in [1.29, 1.82) is 0 Å². The van der Waals surface area contributed by atoms with Gasteiger partial charge < -0.3 is 29.3 Å². The second-order valence-corrected chi connectivity index (χ2v) is 5.36. The van der Waals surface area contributed by atoms with E-state index in [4.69, 9.17) is 14.6 Å². The molecule has 0 aromatic carbocycles. The Hall–Kier alpha value is -0.240. The van der Waals surface area contributed by atoms with Crippen molar-refractivity contribution >= 4 is 0 Å². The minimum Gasteiger partial charge on any atom is -0.395 e. The molecule has 0 rings (SSSR count). The molecular weight excluding hydrogens is 258 g/mol. The third-order valence-corrected chi connectivity index (χ3v) is 3.02. The molecule has 20 heavy (non-hydrogen) atoms. The molecule has 6 heteroatoms. The third-order valence-electron chi connectivity index (χ3n) is 3.02. The highest BCUT2D eigenvalue weighted by Gasteiger charge is 2.00. The molecule has 0 atom stereocenters. The van der Waals surface area contributed by atoms with Crippen LogP contribution in [0.15, 0.2) is 0 Å². The predicted octanol–water partition coefficient (Wildman–Crippen LogP) is -0.563. The Morgan fingerprint density at radius 3 is 1.45 bits per heavy atom. The molecule has 0 spiro atoms. The summed E-state index contributed by atoms with van der Waals surface area (Å²) in [7, 11) is 8.16. The van der Waals surface area contributed by atoms with E-state index in [2.05, 4.69) is 21.7 Å². The van der Waals surface area contributed by atoms with Gasteiger partial charge in [0.25, 0.3) is 0 Å². The SMILES string of the molecule is CN(C)CCOCCN(C)CCOCCN(C)CCO. The van der Waals surface area contributed by atoms with Crippen molar-refractivity contribution in [3.8, 4) is 0 Å². The molecule has 0 aliphatic heterocycles. The summed E-state index contributed by atoms with van der Waals surface area (Å²) in [5, 5.41) is 8.76. The molecule has 6 nitrogen and oxygen atoms in total. The van der Waals surface area contributed by atoms with Crippen molar-refractivity contribution in [1.82, 2.24) is 14.7 Å². The fourth-order valence-electron chi connectivity index (χ4n) is 1.51. The zero-order valence-corrected chi connectivity index (χ0v) is 13.7. The molecular formula is C14H33N3O3. The van der Waals surface area contributed by atoms with Crippen LogP contribution in [0.1, 0.15) is 0 Å². The maximum atomic E-state index is 8.76. The number of aliphatic hydroxyl groups is 1. The first kappa shape index (κ1) is 19.8. The van der Waals surface area contributed by atoms with Crippen LogP contribution in [0.5, 0.6) is 0 Å². The van der Waals surface area contributed by atoms with Crippen molar-refractivity contribution in [3.05, 3.63) is 0 Å². The largest absolute Gasteiger partial charge is 0.395 e. The van der Waals surface area contributed by atoms with Crippen LogP contribution in [0.3, 0.4) is 0 Å². The molecule has 0 amide bonds. The fourth-order valence-corrected chi connectivity index (χ4v) is 1.51. The number of hydrogen-bond donors (Lipinski definition) is 1. The van der Waals surface area contributed by atoms with Gasteiger partial charge in [0.2, 0.25) is 0 Å². The second-order valence-electron chi connectivity index (χ2n) is 5.36. The molecule has 0 aromatic heterocycles. The summed E-state index contributed by atoms with van der Waals surface area (Å²) < 4.78 is 11.1. The van der Waals surface area contributed by atoms with Crippen molar-refractivity contribution in [3.63, 3.8) is 0 Å². The molecule has 0 saturated carbocycles. The lowest BCUT2D eigenvalue weighted by molar-refractivity contribution is 0.0709. The van der Waals surface area contributed by atoms with Gasteiger partial charge in [0, 0.05) is 32.7 Å². The van der Waals surface area contributed by atoms with Gasteiger partial charge in [-0.3, -0.25) is 0 Å². The lowest BCUT2D eigenvalue weighted by atomic mass is 10.5. The van der Waals surface area contributed by atoms with Gasteiger partial charge in [-0.15, -0.1) is 0 Å². The zero-order chi connectivity index (χ0) is 15.2. The Labute approximate surface area is 124 Å². The number of ether oxygens (including phenoxy) is 2. The lowest BCUT2D eigenvalue weighted by Crippen LogP contribution is -2.30. The van der Waals surface area contributed by atoms with E-state index in [1.54, 1.807) is 0 Å². The first-order chi connectivity index (χ1) is 9.56. The number of rotatable bonds is 14. The Morgan fingerprint density at radius 1 is 0.650 bits per heavy atom. The van der Waals surface area contributed by atoms with Gasteiger partial charge in [0.1, 0.15) is 0 Å². The standard InChI is InChI=1S/C14H33N3O3/c1-15(2)6-11-19-13-8-17(4)9-14-20-12-7-16(3)5-10-18/h18H,5-14H2,1-4H3. The molecule has 1 N–H and O–H groups in total. The predicted molar refractivity (Wildman–Crippen MR) is 82.3 cm³/mol. The molecule has 0 aliphatic carbocycles. The summed E-state index contributed by atoms with van der Waals surface area (Å²) in [6.45, 7) is 7.58. The van der Waals surface area contributed by atoms with E-state index in [-0.39, 0.29) is 6.61 Å². The van der Waals surface area contributed by atoms with Crippen LogP contribution in [-0.2, 0) is 9.47 Å². The zero-order valence-electron chi connectivity index (χ0n) is 13.7. The van der Waals surface area contributed by atoms with Gasteiger partial charge in [-0.05, 0) is 28.2 Å². The van der Waals surface area contributed by atoms with Crippen LogP contribution in [0.4, 0.5) is 0 Å². The van der Waals surface area contributed by atoms with E-state index in [1.807, 2.05) is 21.1 Å². The summed E-state index contributed by atoms with van der Waals surface area (Å²) in [5.74, 6) is 0. The number of likely N-dealkylation sites (N-methyl/N-ethyl adjacent to an activating group) is 3. The highest BCUT2D eigenvalue weighted by molar-refractivity contribution is 4.52. The molecule has 0 unspecified atom stereocenters. The monoisotopic (exact) mass is 291 g/mol. The van der Waals surface area contributed by atoms with E-state index in [0.717, 1.165) is 46.0 Å². The Balaban J connectivity index is 3.26. The van der Waals surface area contributed by atoms with E-state index in [1.165, 1.54) is 0 Å². The van der Waals surface area contributed by atoms with E-state index < -0.39 is 0 Å². The Morgan fingerprint density at radius 2 is 1.05 bits per heavy atom. The number of hydrogen-bond acceptors (Lipinski definition) is 6. The lowest BCUT2D eigenvalue weighted by Gasteiger charge is -2.18. The first-order valence-electron chi connectivity index (χ1n) is 7.34. The van der Waals surface area contributed by atoms with Crippen LogP contribution in [-0.4, -0.2) is 114 Å². The molecule has 122 valence electrons. The average molecular weight is 291 g/mol. The van der Waals surface area contributed by atoms with Gasteiger partial charge in [-0.2, -0.15) is 0 Å². The smallest absolute Gasteiger partial charge is 0.0594 e. The van der Waals surface area contributed by atoms with Crippen molar-refractivity contribution in [2.24, 2.45) is 0 Å². The van der Waals surface area contributed by atoms with E-state index in [9.17, 15) is 0 Å². The van der Waals surface area contributed by atoms with Crippen molar-refractivity contribution in [2.45, 2.75) is 0 Å². The van der Waals surface area contributed by atoms with Crippen LogP contribution in [0.2, 0.25) is 0 Å². The minimum absolute atomic E-state index is 0.201. The Kier molecular flexibility index (Phi) is 13.6. The van der Waals surface area contributed by atoms with Crippen LogP contribution in [0.25, 0.3) is 0 Å². The van der Waals surface area contributed by atoms with Crippen LogP contribution >= 0.6 is 0 Å². The maximum Gasteiger partial charge on any atom is 0.0594 e. The van der Waals surface area contributed by atoms with Crippen LogP contribution < -0.4 is 0 Å². The van der Waals surface area contributed by atoms with Gasteiger partial charge in [-0.25, -0.2) is 0 Å². The second kappa shape index (κ2) is 13.7. The minimum atomic E-state index is 0.201. The van der Waals surface area contributed by atoms with E-state index >= 15 is 0 Å². The maximum absolute atomic E-state index is 8.76. The number of aliphatic hydroxyl groups excluding tert-OH is 1. The molecule has 0 heterocycles. The quantitative estimate of drug-likeness (QED) is 0.433. The molecule has 0 aromatic rings. The molecule has 0 radical (unpaired) electrons. The van der Waals surface area contributed by atoms with Gasteiger partial charge in [-0.1, -0.05) is 0 Å². The summed E-state index contributed by atoms with van der Waals surface area (Å²) in [4.78, 5) is 6.39. The fraction of sp³-hybridized carbons (Fsp3) is 1.00. The highest BCUT2D eigenvalue weighted by atomic mass is 16.5. The van der Waals surface area contributed by atoms with Gasteiger partial charge in [0.05, 0.1) is 33.0 Å². The number of nitrogens with zero attached hydrogens (tertiary/aromatic N) is 3. The summed E-state index contributed by atoms with van der Waals surface area (Å²) >= 11 is 0. The summed E-state index contributed by atoms with van der Waals surface area (Å²) in [6.07, 6.45) is 0. The average Bonchev–Trinajstić information content (AvgIpc) is 2.38. The van der Waals surface area contributed by atoms with Crippen molar-refractivity contribution < 1.29 is 14.6 Å².